The Labute approximate surface area is 238 Å². The highest BCUT2D eigenvalue weighted by atomic mass is 35.5. The quantitative estimate of drug-likeness (QED) is 0.281. The van der Waals surface area contributed by atoms with E-state index in [0.717, 1.165) is 6.92 Å². The monoisotopic (exact) mass is 572 g/mol. The van der Waals surface area contributed by atoms with Gasteiger partial charge in [-0.25, -0.2) is 13.8 Å². The molecule has 11 heteroatoms. The largest absolute Gasteiger partial charge is 0.507 e. The van der Waals surface area contributed by atoms with Gasteiger partial charge in [0.15, 0.2) is 5.82 Å². The Hall–Kier alpha value is -3.50. The lowest BCUT2D eigenvalue weighted by atomic mass is 9.99. The number of amides is 1. The molecular weight excluding hydrogens is 538 g/mol. The van der Waals surface area contributed by atoms with Crippen LogP contribution in [0.15, 0.2) is 49.0 Å². The van der Waals surface area contributed by atoms with E-state index in [0.29, 0.717) is 49.4 Å². The molecule has 8 nitrogen and oxygen atoms in total. The Kier molecular flexibility index (Phi) is 8.51. The molecule has 0 spiro atoms. The third kappa shape index (κ3) is 5.30. The second kappa shape index (κ2) is 11.5. The Bertz CT molecular complexity index is 1420. The second-order valence-electron chi connectivity index (χ2n) is 10.6. The summed E-state index contributed by atoms with van der Waals surface area (Å²) >= 11 is 6.59. The van der Waals surface area contributed by atoms with Gasteiger partial charge in [0.2, 0.25) is 11.9 Å². The minimum atomic E-state index is -0.866. The summed E-state index contributed by atoms with van der Waals surface area (Å²) in [6.45, 7) is 14.3. The number of nitrogens with zero attached hydrogens (tertiary/aromatic N) is 6. The fourth-order valence-electron chi connectivity index (χ4n) is 5.22. The molecule has 2 saturated heterocycles. The molecule has 0 bridgehead atoms. The summed E-state index contributed by atoms with van der Waals surface area (Å²) in [7, 11) is 3.98. The maximum atomic E-state index is 16.4. The van der Waals surface area contributed by atoms with Gasteiger partial charge in [-0.3, -0.25) is 4.79 Å². The topological polar surface area (TPSA) is 76.0 Å². The number of hydrogen-bond donors (Lipinski definition) is 1. The van der Waals surface area contributed by atoms with Crippen LogP contribution in [0.2, 0.25) is 5.02 Å². The maximum absolute atomic E-state index is 16.4. The minimum Gasteiger partial charge on any atom is -0.507 e. The predicted molar refractivity (Wildman–Crippen MR) is 157 cm³/mol. The first-order valence-electron chi connectivity index (χ1n) is 13.1. The summed E-state index contributed by atoms with van der Waals surface area (Å²) in [6, 6.07) is 1.48. The van der Waals surface area contributed by atoms with Gasteiger partial charge in [-0.1, -0.05) is 30.8 Å². The number of carbonyl (C=O) groups is 1. The molecule has 2 aliphatic rings. The molecule has 214 valence electrons. The third-order valence-corrected chi connectivity index (χ3v) is 7.87. The first kappa shape index (κ1) is 29.5. The van der Waals surface area contributed by atoms with Crippen molar-refractivity contribution in [1.82, 2.24) is 19.8 Å². The first-order valence-corrected chi connectivity index (χ1v) is 13.5. The molecule has 40 heavy (non-hydrogen) atoms. The number of rotatable bonds is 7. The van der Waals surface area contributed by atoms with Crippen molar-refractivity contribution in [2.75, 3.05) is 50.1 Å². The molecule has 1 aromatic carbocycles. The molecule has 0 aliphatic carbocycles. The number of aliphatic hydroxyl groups is 1. The number of aromatic nitrogens is 2. The summed E-state index contributed by atoms with van der Waals surface area (Å²) in [5.74, 6) is -1.53. The smallest absolute Gasteiger partial charge is 0.246 e. The fourth-order valence-corrected chi connectivity index (χ4v) is 5.51. The van der Waals surface area contributed by atoms with Gasteiger partial charge >= 0.3 is 0 Å². The second-order valence-corrected chi connectivity index (χ2v) is 11.0. The number of halogens is 3. The van der Waals surface area contributed by atoms with Crippen molar-refractivity contribution in [3.05, 3.63) is 65.4 Å². The predicted octanol–water partition coefficient (Wildman–Crippen LogP) is 5.11. The van der Waals surface area contributed by atoms with E-state index < -0.39 is 17.4 Å². The summed E-state index contributed by atoms with van der Waals surface area (Å²) < 4.78 is 31.1. The van der Waals surface area contributed by atoms with Crippen molar-refractivity contribution < 1.29 is 18.7 Å². The summed E-state index contributed by atoms with van der Waals surface area (Å²) in [5.41, 5.74) is -0.707. The number of piperazine rings is 1. The third-order valence-electron chi connectivity index (χ3n) is 7.57. The van der Waals surface area contributed by atoms with Crippen LogP contribution < -0.4 is 9.80 Å². The van der Waals surface area contributed by atoms with Crippen molar-refractivity contribution in [2.45, 2.75) is 38.9 Å². The molecule has 0 saturated carbocycles. The van der Waals surface area contributed by atoms with E-state index in [1.165, 1.54) is 24.3 Å². The molecule has 4 rings (SSSR count). The average Bonchev–Trinajstić information content (AvgIpc) is 2.85. The molecule has 3 heterocycles. The minimum absolute atomic E-state index is 0.0395. The molecule has 2 fully saturated rings. The van der Waals surface area contributed by atoms with Gasteiger partial charge in [-0.15, -0.1) is 0 Å². The van der Waals surface area contributed by atoms with E-state index in [2.05, 4.69) is 23.0 Å². The molecule has 1 amide bonds. The number of likely N-dealkylation sites (N-methyl/N-ethyl adjacent to an activating group) is 1. The lowest BCUT2D eigenvalue weighted by molar-refractivity contribution is -0.128. The normalized spacial score (nSPS) is 21.0. The van der Waals surface area contributed by atoms with Gasteiger partial charge in [0.1, 0.15) is 22.9 Å². The molecule has 2 aromatic rings. The molecule has 2 aliphatic heterocycles. The van der Waals surface area contributed by atoms with E-state index in [1.54, 1.807) is 4.90 Å². The van der Waals surface area contributed by atoms with Crippen LogP contribution in [-0.4, -0.2) is 89.2 Å². The van der Waals surface area contributed by atoms with E-state index in [-0.39, 0.29) is 39.7 Å². The number of allylic oxidation sites excluding steroid dienone is 4. The van der Waals surface area contributed by atoms with E-state index in [1.807, 2.05) is 37.7 Å². The zero-order chi connectivity index (χ0) is 29.5. The van der Waals surface area contributed by atoms with Crippen LogP contribution in [-0.2, 0) is 4.79 Å². The lowest BCUT2D eigenvalue weighted by Crippen LogP contribution is -2.59. The summed E-state index contributed by atoms with van der Waals surface area (Å²) in [4.78, 5) is 29.7. The SMILES string of the molecule is C=C/C=C(O)\C(=C(/C)F)c1c(Cl)cc2c(N3C[C@@H](C)N(C(=O)C=C)C[C@@H]3C)nc(N3CC(N(C)C)C3)nc2c1F. The van der Waals surface area contributed by atoms with Crippen LogP contribution in [0.3, 0.4) is 0 Å². The number of fused-ring (bicyclic) bond motifs is 1. The zero-order valence-corrected chi connectivity index (χ0v) is 24.2. The zero-order valence-electron chi connectivity index (χ0n) is 23.5. The van der Waals surface area contributed by atoms with Crippen LogP contribution >= 0.6 is 11.6 Å². The Morgan fingerprint density at radius 1 is 1.18 bits per heavy atom. The highest BCUT2D eigenvalue weighted by Gasteiger charge is 2.36. The molecule has 1 N–H and O–H groups in total. The van der Waals surface area contributed by atoms with Gasteiger partial charge in [0, 0.05) is 55.3 Å². The highest BCUT2D eigenvalue weighted by Crippen LogP contribution is 2.41. The molecule has 2 atom stereocenters. The van der Waals surface area contributed by atoms with E-state index in [9.17, 15) is 14.3 Å². The summed E-state index contributed by atoms with van der Waals surface area (Å²) in [5, 5.41) is 10.8. The highest BCUT2D eigenvalue weighted by molar-refractivity contribution is 6.33. The van der Waals surface area contributed by atoms with Gasteiger partial charge in [0.25, 0.3) is 0 Å². The fraction of sp³-hybridized carbons (Fsp3) is 0.414. The van der Waals surface area contributed by atoms with Crippen molar-refractivity contribution in [1.29, 1.82) is 0 Å². The van der Waals surface area contributed by atoms with Gasteiger partial charge in [-0.2, -0.15) is 4.98 Å². The van der Waals surface area contributed by atoms with Gasteiger partial charge in [-0.05, 0) is 53.1 Å². The Morgan fingerprint density at radius 2 is 1.85 bits per heavy atom. The molecule has 0 unspecified atom stereocenters. The van der Waals surface area contributed by atoms with Crippen LogP contribution in [0.25, 0.3) is 16.5 Å². The van der Waals surface area contributed by atoms with Crippen molar-refractivity contribution in [3.63, 3.8) is 0 Å². The average molecular weight is 573 g/mol. The number of benzene rings is 1. The van der Waals surface area contributed by atoms with Crippen molar-refractivity contribution in [2.24, 2.45) is 0 Å². The Balaban J connectivity index is 1.92. The lowest BCUT2D eigenvalue weighted by Gasteiger charge is -2.45. The van der Waals surface area contributed by atoms with Crippen molar-refractivity contribution in [3.8, 4) is 0 Å². The summed E-state index contributed by atoms with van der Waals surface area (Å²) in [6.07, 6.45) is 3.74. The molecule has 1 aromatic heterocycles. The van der Waals surface area contributed by atoms with Crippen LogP contribution in [0.4, 0.5) is 20.5 Å². The number of hydrogen-bond acceptors (Lipinski definition) is 7. The van der Waals surface area contributed by atoms with Crippen molar-refractivity contribution >= 4 is 45.8 Å². The molecule has 0 radical (unpaired) electrons. The van der Waals surface area contributed by atoms with Crippen LogP contribution in [0, 0.1) is 5.82 Å². The van der Waals surface area contributed by atoms with E-state index in [4.69, 9.17) is 16.6 Å². The molecular formula is C29H35ClF2N6O2. The van der Waals surface area contributed by atoms with Gasteiger partial charge in [0.05, 0.1) is 10.6 Å². The number of aliphatic hydroxyl groups excluding tert-OH is 1. The number of carbonyl (C=O) groups excluding carboxylic acids is 1. The maximum Gasteiger partial charge on any atom is 0.246 e. The first-order chi connectivity index (χ1) is 18.9. The Morgan fingerprint density at radius 3 is 2.42 bits per heavy atom. The standard InChI is InChI=1S/C29H35ClF2N6O2/c1-8-10-22(39)24(18(5)31)25-21(30)11-20-27(26(25)32)33-29(36-14-19(15-36)35(6)7)34-28(20)38-13-16(3)37(12-17(38)4)23(40)9-2/h8-11,16-17,19,39H,1-2,12-15H2,3-7H3/b22-10+,24-18-/t16-,17+/m1/s1. The van der Waals surface area contributed by atoms with Gasteiger partial charge < -0.3 is 24.7 Å². The van der Waals surface area contributed by atoms with Crippen LogP contribution in [0.5, 0.6) is 0 Å². The van der Waals surface area contributed by atoms with E-state index >= 15 is 4.39 Å². The van der Waals surface area contributed by atoms with Crippen LogP contribution in [0.1, 0.15) is 26.3 Å². The number of anilines is 2.